The summed E-state index contributed by atoms with van der Waals surface area (Å²) in [6.45, 7) is 4.23. The van der Waals surface area contributed by atoms with E-state index in [0.717, 1.165) is 16.9 Å². The van der Waals surface area contributed by atoms with E-state index in [1.807, 2.05) is 0 Å². The zero-order valence-electron chi connectivity index (χ0n) is 11.3. The molecule has 0 aromatic rings. The fourth-order valence-electron chi connectivity index (χ4n) is 4.09. The van der Waals surface area contributed by atoms with Gasteiger partial charge in [0.2, 0.25) is 10.0 Å². The van der Waals surface area contributed by atoms with Crippen LogP contribution in [0.1, 0.15) is 20.3 Å². The predicted octanol–water partition coefficient (Wildman–Crippen LogP) is 1.33. The van der Waals surface area contributed by atoms with Crippen LogP contribution in [0.2, 0.25) is 0 Å². The molecular formula is C12H25NO2S2. The van der Waals surface area contributed by atoms with Gasteiger partial charge in [0.05, 0.1) is 5.25 Å². The highest BCUT2D eigenvalue weighted by Gasteiger charge is 3.07. The van der Waals surface area contributed by atoms with Crippen molar-refractivity contribution >= 4 is 18.3 Å². The minimum Gasteiger partial charge on any atom is -0.267 e. The van der Waals surface area contributed by atoms with Crippen molar-refractivity contribution in [2.45, 2.75) is 36.0 Å². The Kier molecular flexibility index (Phi) is 1.87. The van der Waals surface area contributed by atoms with Crippen LogP contribution in [-0.2, 0) is 10.0 Å². The molecule has 102 valence electrons. The average molecular weight is 279 g/mol. The molecule has 0 saturated carbocycles. The zero-order valence-corrected chi connectivity index (χ0v) is 13.0. The summed E-state index contributed by atoms with van der Waals surface area (Å²) < 4.78 is 25.4. The normalized spacial score (nSPS) is 41.5. The van der Waals surface area contributed by atoms with Gasteiger partial charge in [-0.2, -0.15) is 0 Å². The molecule has 3 aliphatic heterocycles. The molecule has 2 unspecified atom stereocenters. The first-order valence-electron chi connectivity index (χ1n) is 6.57. The maximum atomic E-state index is 11.9. The van der Waals surface area contributed by atoms with Crippen molar-refractivity contribution in [3.63, 3.8) is 0 Å². The van der Waals surface area contributed by atoms with Gasteiger partial charge in [-0.05, 0) is 54.3 Å². The van der Waals surface area contributed by atoms with Gasteiger partial charge in [0.25, 0.3) is 0 Å². The van der Waals surface area contributed by atoms with E-state index in [-0.39, 0.29) is 5.25 Å². The summed E-state index contributed by atoms with van der Waals surface area (Å²) in [6, 6.07) is 0. The molecule has 0 amide bonds. The van der Waals surface area contributed by atoms with Crippen molar-refractivity contribution in [3.8, 4) is 0 Å². The lowest BCUT2D eigenvalue weighted by molar-refractivity contribution is 0.462. The largest absolute Gasteiger partial charge is 0.267 e. The Morgan fingerprint density at radius 1 is 1.29 bits per heavy atom. The lowest BCUT2D eigenvalue weighted by Gasteiger charge is -2.36. The third-order valence-electron chi connectivity index (χ3n) is 6.24. The van der Waals surface area contributed by atoms with Crippen molar-refractivity contribution in [2.24, 2.45) is 0 Å². The van der Waals surface area contributed by atoms with E-state index in [4.69, 9.17) is 0 Å². The second-order valence-corrected chi connectivity index (χ2v) is 18.5. The van der Waals surface area contributed by atoms with Crippen molar-refractivity contribution in [1.29, 1.82) is 0 Å². The van der Waals surface area contributed by atoms with Gasteiger partial charge in [-0.3, -0.25) is 8.29 Å². The van der Waals surface area contributed by atoms with Crippen molar-refractivity contribution in [1.82, 2.24) is 4.31 Å². The number of nitrogens with zero attached hydrogens (tertiary/aromatic N) is 1. The summed E-state index contributed by atoms with van der Waals surface area (Å²) in [5.41, 5.74) is 0. The Labute approximate surface area is 104 Å². The van der Waals surface area contributed by atoms with Crippen LogP contribution >= 0.6 is 8.29 Å². The zero-order chi connectivity index (χ0) is 12.8. The molecule has 0 aliphatic carbocycles. The second-order valence-electron chi connectivity index (χ2n) is 7.47. The third-order valence-corrected chi connectivity index (χ3v) is 17.6. The number of sulfonamides is 1. The van der Waals surface area contributed by atoms with Crippen LogP contribution in [0.3, 0.4) is 0 Å². The summed E-state index contributed by atoms with van der Waals surface area (Å²) in [4.78, 5) is 0. The van der Waals surface area contributed by atoms with Crippen LogP contribution in [0, 0.1) is 0 Å². The maximum Gasteiger partial charge on any atom is 0.216 e. The van der Waals surface area contributed by atoms with Crippen LogP contribution in [0.15, 0.2) is 0 Å². The molecule has 0 radical (unpaired) electrons. The number of fused-ring (bicyclic) bond motifs is 1. The monoisotopic (exact) mass is 279 g/mol. The first-order valence-corrected chi connectivity index (χ1v) is 11.6. The highest BCUT2D eigenvalue weighted by Crippen LogP contribution is 3.31. The Bertz CT molecular complexity index is 493. The molecule has 1 spiro atoms. The first-order chi connectivity index (χ1) is 7.61. The molecule has 17 heavy (non-hydrogen) atoms. The molecule has 3 aliphatic rings. The van der Waals surface area contributed by atoms with Crippen LogP contribution in [0.25, 0.3) is 0 Å². The lowest BCUT2D eigenvalue weighted by atomic mass is 10.4. The van der Waals surface area contributed by atoms with Crippen LogP contribution < -0.4 is 0 Å². The lowest BCUT2D eigenvalue weighted by Crippen LogP contribution is -2.34. The maximum absolute atomic E-state index is 11.9. The summed E-state index contributed by atoms with van der Waals surface area (Å²) >= 11 is 0. The molecule has 0 bridgehead atoms. The summed E-state index contributed by atoms with van der Waals surface area (Å²) in [5.74, 6) is 4.42. The van der Waals surface area contributed by atoms with Crippen LogP contribution in [-0.4, -0.2) is 65.6 Å². The van der Waals surface area contributed by atoms with Gasteiger partial charge in [-0.25, -0.2) is 12.7 Å². The Morgan fingerprint density at radius 3 is 2.18 bits per heavy atom. The van der Waals surface area contributed by atoms with Crippen molar-refractivity contribution in [3.05, 3.63) is 0 Å². The molecule has 3 rings (SSSR count). The standard InChI is InChI=1S/C12H25NO2S2/c1-10(2)16(14,15)13(3)6-5-7-17(4)8-11(17)12(17)9-17/h10-12H,5-9H2,1-4H3. The highest BCUT2D eigenvalue weighted by atomic mass is 32.4. The van der Waals surface area contributed by atoms with E-state index >= 15 is 0 Å². The highest BCUT2D eigenvalue weighted by molar-refractivity contribution is 8.81. The molecule has 3 fully saturated rings. The Balaban J connectivity index is 1.53. The van der Waals surface area contributed by atoms with Gasteiger partial charge < -0.3 is 0 Å². The number of rotatable bonds is 6. The smallest absolute Gasteiger partial charge is 0.216 e. The SMILES string of the molecule is CC(C)S(=O)(=O)N(C)CCCS123(C)CC1C2C3. The molecule has 5 heteroatoms. The topological polar surface area (TPSA) is 37.4 Å². The first kappa shape index (κ1) is 12.3. The minimum absolute atomic E-state index is 0.293. The average Bonchev–Trinajstić information content (AvgIpc) is 3.05. The van der Waals surface area contributed by atoms with E-state index in [1.54, 1.807) is 25.2 Å². The molecule has 0 N–H and O–H groups in total. The third kappa shape index (κ3) is 1.17. The van der Waals surface area contributed by atoms with Gasteiger partial charge in [-0.15, -0.1) is 0 Å². The molecular weight excluding hydrogens is 254 g/mol. The molecule has 3 saturated heterocycles. The number of hydrogen-bond acceptors (Lipinski definition) is 2. The predicted molar refractivity (Wildman–Crippen MR) is 77.0 cm³/mol. The second kappa shape index (κ2) is 2.59. The molecule has 2 atom stereocenters. The molecule has 0 aromatic carbocycles. The van der Waals surface area contributed by atoms with E-state index in [0.29, 0.717) is 6.54 Å². The molecule has 0 aromatic heterocycles. The fraction of sp³-hybridized carbons (Fsp3) is 1.00. The van der Waals surface area contributed by atoms with E-state index < -0.39 is 18.3 Å². The van der Waals surface area contributed by atoms with Crippen LogP contribution in [0.5, 0.6) is 0 Å². The van der Waals surface area contributed by atoms with Crippen molar-refractivity contribution < 1.29 is 8.42 Å². The van der Waals surface area contributed by atoms with Gasteiger partial charge in [0.1, 0.15) is 0 Å². The van der Waals surface area contributed by atoms with Gasteiger partial charge in [0.15, 0.2) is 0 Å². The van der Waals surface area contributed by atoms with Gasteiger partial charge in [-0.1, -0.05) is 0 Å². The molecule has 3 heterocycles. The van der Waals surface area contributed by atoms with E-state index in [9.17, 15) is 8.42 Å². The fourth-order valence-corrected chi connectivity index (χ4v) is 15.4. The van der Waals surface area contributed by atoms with Crippen LogP contribution in [0.4, 0.5) is 0 Å². The van der Waals surface area contributed by atoms with E-state index in [2.05, 4.69) is 6.26 Å². The van der Waals surface area contributed by atoms with Gasteiger partial charge >= 0.3 is 0 Å². The number of hydrogen-bond donors (Lipinski definition) is 0. The Morgan fingerprint density at radius 2 is 1.82 bits per heavy atom. The summed E-state index contributed by atoms with van der Waals surface area (Å²) in [6.07, 6.45) is 3.67. The molecule has 3 nitrogen and oxygen atoms in total. The quantitative estimate of drug-likeness (QED) is 0.688. The van der Waals surface area contributed by atoms with E-state index in [1.165, 1.54) is 17.3 Å². The summed E-state index contributed by atoms with van der Waals surface area (Å²) in [5, 5.41) is 1.96. The Hall–Kier alpha value is 0.260. The van der Waals surface area contributed by atoms with Gasteiger partial charge in [0, 0.05) is 13.6 Å². The summed E-state index contributed by atoms with van der Waals surface area (Å²) in [7, 11) is -2.65. The van der Waals surface area contributed by atoms with Crippen molar-refractivity contribution in [2.75, 3.05) is 37.1 Å². The minimum atomic E-state index is -3.04.